The Morgan fingerprint density at radius 3 is 1.85 bits per heavy atom. The van der Waals surface area contributed by atoms with E-state index in [2.05, 4.69) is 40.8 Å². The average Bonchev–Trinajstić information content (AvgIpc) is 3.07. The molecule has 0 bridgehead atoms. The molecular formula is C25H32INO6. The molecule has 3 rings (SSSR count). The monoisotopic (exact) mass is 569 g/mol. The lowest BCUT2D eigenvalue weighted by Gasteiger charge is -2.32. The first-order chi connectivity index (χ1) is 16.0. The number of nitrogens with zero attached hydrogens (tertiary/aromatic N) is 1. The Kier molecular flexibility index (Phi) is 10.1. The van der Waals surface area contributed by atoms with Crippen molar-refractivity contribution in [3.05, 3.63) is 61.2 Å². The van der Waals surface area contributed by atoms with Gasteiger partial charge in [-0.25, -0.2) is 0 Å². The second-order valence-electron chi connectivity index (χ2n) is 7.88. The number of nitro groups is 1. The fraction of sp³-hybridized carbons (Fsp3) is 0.520. The quantitative estimate of drug-likeness (QED) is 0.125. The van der Waals surface area contributed by atoms with Crippen LogP contribution in [0, 0.1) is 13.7 Å². The van der Waals surface area contributed by atoms with Gasteiger partial charge in [0.15, 0.2) is 0 Å². The highest BCUT2D eigenvalue weighted by Crippen LogP contribution is 2.53. The van der Waals surface area contributed by atoms with Gasteiger partial charge in [0.1, 0.15) is 0 Å². The van der Waals surface area contributed by atoms with Crippen molar-refractivity contribution in [1.29, 1.82) is 0 Å². The minimum Gasteiger partial charge on any atom is -0.379 e. The zero-order valence-corrected chi connectivity index (χ0v) is 21.5. The smallest absolute Gasteiger partial charge is 0.269 e. The number of nitro benzene ring substituents is 1. The minimum absolute atomic E-state index is 0.107. The van der Waals surface area contributed by atoms with Gasteiger partial charge in [-0.1, -0.05) is 6.07 Å². The minimum atomic E-state index is -0.422. The van der Waals surface area contributed by atoms with Gasteiger partial charge in [0.2, 0.25) is 0 Å². The van der Waals surface area contributed by atoms with Crippen LogP contribution in [0.3, 0.4) is 0 Å². The SMILES string of the molecule is CCOCCOCCC1(CCOCCOCC)c2cc(I)ccc2-c2ccc([N+](=O)[O-])cc21. The van der Waals surface area contributed by atoms with Crippen molar-refractivity contribution < 1.29 is 23.9 Å². The summed E-state index contributed by atoms with van der Waals surface area (Å²) in [5.41, 5.74) is 4.03. The molecular weight excluding hydrogens is 537 g/mol. The van der Waals surface area contributed by atoms with Crippen LogP contribution in [0.1, 0.15) is 37.8 Å². The van der Waals surface area contributed by atoms with Crippen LogP contribution in [0.5, 0.6) is 0 Å². The number of rotatable bonds is 15. The molecule has 0 saturated carbocycles. The zero-order chi connectivity index (χ0) is 23.7. The van der Waals surface area contributed by atoms with E-state index in [0.29, 0.717) is 65.7 Å². The lowest BCUT2D eigenvalue weighted by molar-refractivity contribution is -0.384. The highest BCUT2D eigenvalue weighted by atomic mass is 127. The number of halogens is 1. The van der Waals surface area contributed by atoms with Crippen LogP contribution < -0.4 is 0 Å². The molecule has 1 aliphatic carbocycles. The first-order valence-corrected chi connectivity index (χ1v) is 12.5. The number of hydrogen-bond donors (Lipinski definition) is 0. The highest BCUT2D eigenvalue weighted by Gasteiger charge is 2.43. The fourth-order valence-electron chi connectivity index (χ4n) is 4.45. The van der Waals surface area contributed by atoms with Gasteiger partial charge in [-0.05, 0) is 89.7 Å². The van der Waals surface area contributed by atoms with Crippen molar-refractivity contribution in [2.75, 3.05) is 52.9 Å². The Morgan fingerprint density at radius 1 is 0.788 bits per heavy atom. The predicted octanol–water partition coefficient (Wildman–Crippen LogP) is 5.35. The zero-order valence-electron chi connectivity index (χ0n) is 19.3. The Balaban J connectivity index is 1.92. The maximum atomic E-state index is 11.6. The maximum absolute atomic E-state index is 11.6. The van der Waals surface area contributed by atoms with E-state index in [-0.39, 0.29) is 10.6 Å². The number of benzene rings is 2. The van der Waals surface area contributed by atoms with Crippen molar-refractivity contribution in [1.82, 2.24) is 0 Å². The molecule has 0 spiro atoms. The normalized spacial score (nSPS) is 13.7. The topological polar surface area (TPSA) is 80.1 Å². The van der Waals surface area contributed by atoms with E-state index in [4.69, 9.17) is 18.9 Å². The van der Waals surface area contributed by atoms with Gasteiger partial charge < -0.3 is 18.9 Å². The van der Waals surface area contributed by atoms with Crippen LogP contribution in [-0.4, -0.2) is 57.8 Å². The van der Waals surface area contributed by atoms with E-state index >= 15 is 0 Å². The molecule has 0 atom stereocenters. The standard InChI is InChI=1S/C25H32INO6/c1-3-30-13-15-32-11-9-25(10-12-33-16-14-31-4-2)23-17-19(26)5-7-21(23)22-8-6-20(27(28)29)18-24(22)25/h5-8,17-18H,3-4,9-16H2,1-2H3. The molecule has 33 heavy (non-hydrogen) atoms. The van der Waals surface area contributed by atoms with Crippen LogP contribution in [-0.2, 0) is 24.4 Å². The Bertz CT molecular complexity index is 919. The first kappa shape index (κ1) is 26.0. The molecule has 0 fully saturated rings. The number of hydrogen-bond acceptors (Lipinski definition) is 6. The van der Waals surface area contributed by atoms with Crippen molar-refractivity contribution >= 4 is 28.3 Å². The summed E-state index contributed by atoms with van der Waals surface area (Å²) < 4.78 is 23.7. The van der Waals surface area contributed by atoms with Crippen molar-refractivity contribution in [2.45, 2.75) is 32.1 Å². The molecule has 0 radical (unpaired) electrons. The van der Waals surface area contributed by atoms with E-state index in [1.165, 1.54) is 5.56 Å². The molecule has 2 aromatic rings. The first-order valence-electron chi connectivity index (χ1n) is 11.4. The lowest BCUT2D eigenvalue weighted by Crippen LogP contribution is -2.30. The number of non-ortho nitro benzene ring substituents is 1. The highest BCUT2D eigenvalue weighted by molar-refractivity contribution is 14.1. The third-order valence-corrected chi connectivity index (χ3v) is 6.69. The Labute approximate surface area is 209 Å². The maximum Gasteiger partial charge on any atom is 0.269 e. The molecule has 0 aromatic heterocycles. The van der Waals surface area contributed by atoms with Crippen molar-refractivity contribution in [3.8, 4) is 11.1 Å². The van der Waals surface area contributed by atoms with Gasteiger partial charge in [0, 0.05) is 47.5 Å². The van der Waals surface area contributed by atoms with E-state index in [1.54, 1.807) is 12.1 Å². The molecule has 0 aliphatic heterocycles. The van der Waals surface area contributed by atoms with Crippen LogP contribution >= 0.6 is 22.6 Å². The molecule has 0 heterocycles. The summed E-state index contributed by atoms with van der Waals surface area (Å²) in [5, 5.41) is 11.6. The predicted molar refractivity (Wildman–Crippen MR) is 136 cm³/mol. The summed E-state index contributed by atoms with van der Waals surface area (Å²) in [7, 11) is 0. The average molecular weight is 569 g/mol. The summed E-state index contributed by atoms with van der Waals surface area (Å²) in [6.07, 6.45) is 1.41. The molecule has 0 saturated heterocycles. The van der Waals surface area contributed by atoms with Crippen LogP contribution in [0.15, 0.2) is 36.4 Å². The summed E-state index contributed by atoms with van der Waals surface area (Å²) in [6.45, 7) is 8.46. The van der Waals surface area contributed by atoms with E-state index in [0.717, 1.165) is 20.3 Å². The molecule has 0 amide bonds. The van der Waals surface area contributed by atoms with Gasteiger partial charge >= 0.3 is 0 Å². The fourth-order valence-corrected chi connectivity index (χ4v) is 4.95. The van der Waals surface area contributed by atoms with E-state index in [1.807, 2.05) is 19.9 Å². The summed E-state index contributed by atoms with van der Waals surface area (Å²) in [5.74, 6) is 0. The molecule has 1 aliphatic rings. The molecule has 7 nitrogen and oxygen atoms in total. The van der Waals surface area contributed by atoms with Gasteiger partial charge in [0.05, 0.1) is 31.4 Å². The van der Waals surface area contributed by atoms with Gasteiger partial charge in [-0.15, -0.1) is 0 Å². The third-order valence-electron chi connectivity index (χ3n) is 6.02. The summed E-state index contributed by atoms with van der Waals surface area (Å²) in [4.78, 5) is 11.3. The molecule has 2 aromatic carbocycles. The summed E-state index contributed by atoms with van der Waals surface area (Å²) in [6, 6.07) is 11.6. The third kappa shape index (κ3) is 6.30. The van der Waals surface area contributed by atoms with Crippen LogP contribution in [0.4, 0.5) is 5.69 Å². The van der Waals surface area contributed by atoms with E-state index in [9.17, 15) is 10.1 Å². The van der Waals surface area contributed by atoms with Crippen molar-refractivity contribution in [3.63, 3.8) is 0 Å². The van der Waals surface area contributed by atoms with Crippen LogP contribution in [0.2, 0.25) is 0 Å². The van der Waals surface area contributed by atoms with Crippen molar-refractivity contribution in [2.24, 2.45) is 0 Å². The second-order valence-corrected chi connectivity index (χ2v) is 9.12. The summed E-state index contributed by atoms with van der Waals surface area (Å²) >= 11 is 2.32. The number of ether oxygens (including phenoxy) is 4. The molecule has 0 unspecified atom stereocenters. The Hall–Kier alpha value is -1.59. The molecule has 0 N–H and O–H groups in total. The van der Waals surface area contributed by atoms with Gasteiger partial charge in [-0.3, -0.25) is 10.1 Å². The second kappa shape index (κ2) is 12.8. The van der Waals surface area contributed by atoms with Gasteiger partial charge in [-0.2, -0.15) is 0 Å². The molecule has 180 valence electrons. The number of fused-ring (bicyclic) bond motifs is 3. The van der Waals surface area contributed by atoms with Gasteiger partial charge in [0.25, 0.3) is 5.69 Å². The van der Waals surface area contributed by atoms with E-state index < -0.39 is 5.41 Å². The molecule has 8 heteroatoms. The Morgan fingerprint density at radius 2 is 1.30 bits per heavy atom. The largest absolute Gasteiger partial charge is 0.379 e. The lowest BCUT2D eigenvalue weighted by atomic mass is 9.73. The van der Waals surface area contributed by atoms with Crippen LogP contribution in [0.25, 0.3) is 11.1 Å².